The van der Waals surface area contributed by atoms with Gasteiger partial charge >= 0.3 is 0 Å². The lowest BCUT2D eigenvalue weighted by atomic mass is 10.1. The van der Waals surface area contributed by atoms with E-state index in [4.69, 9.17) is 0 Å². The number of rotatable bonds is 6. The zero-order valence-corrected chi connectivity index (χ0v) is 12.8. The topological polar surface area (TPSA) is 80.1 Å². The molecule has 2 aromatic rings. The standard InChI is InChI=1S/C16H19N5O2/c22-15-8-14(11-21(15)10-13-2-1-3-17-9-13)16(23)19-5-7-20-6-4-18-12-20/h1-4,6,9,12,14H,5,7-8,10-11H2,(H,19,23)/t14-/m1/s1. The number of likely N-dealkylation sites (tertiary alicyclic amines) is 1. The second-order valence-corrected chi connectivity index (χ2v) is 5.63. The molecule has 3 rings (SSSR count). The van der Waals surface area contributed by atoms with Crippen molar-refractivity contribution in [2.45, 2.75) is 19.5 Å². The number of pyridine rings is 1. The third kappa shape index (κ3) is 3.94. The summed E-state index contributed by atoms with van der Waals surface area (Å²) in [6.45, 7) is 2.17. The molecule has 23 heavy (non-hydrogen) atoms. The van der Waals surface area contributed by atoms with Gasteiger partial charge in [-0.1, -0.05) is 6.07 Å². The Labute approximate surface area is 134 Å². The van der Waals surface area contributed by atoms with Gasteiger partial charge in [0.2, 0.25) is 11.8 Å². The maximum absolute atomic E-state index is 12.2. The van der Waals surface area contributed by atoms with Gasteiger partial charge in [0.25, 0.3) is 0 Å². The highest BCUT2D eigenvalue weighted by atomic mass is 16.2. The molecule has 2 amide bonds. The number of imidazole rings is 1. The van der Waals surface area contributed by atoms with E-state index in [2.05, 4.69) is 15.3 Å². The first kappa shape index (κ1) is 15.2. The Morgan fingerprint density at radius 1 is 1.35 bits per heavy atom. The number of carbonyl (C=O) groups excluding carboxylic acids is 2. The van der Waals surface area contributed by atoms with Crippen molar-refractivity contribution in [3.63, 3.8) is 0 Å². The molecule has 1 fully saturated rings. The highest BCUT2D eigenvalue weighted by Gasteiger charge is 2.33. The molecule has 0 radical (unpaired) electrons. The van der Waals surface area contributed by atoms with E-state index in [-0.39, 0.29) is 24.2 Å². The minimum Gasteiger partial charge on any atom is -0.354 e. The fraction of sp³-hybridized carbons (Fsp3) is 0.375. The molecule has 120 valence electrons. The molecule has 0 spiro atoms. The molecule has 2 aromatic heterocycles. The van der Waals surface area contributed by atoms with Gasteiger partial charge in [0.1, 0.15) is 0 Å². The fourth-order valence-corrected chi connectivity index (χ4v) is 2.68. The predicted molar refractivity (Wildman–Crippen MR) is 83.0 cm³/mol. The molecule has 1 aliphatic rings. The average Bonchev–Trinajstić information content (AvgIpc) is 3.19. The number of hydrogen-bond acceptors (Lipinski definition) is 4. The maximum atomic E-state index is 12.2. The smallest absolute Gasteiger partial charge is 0.225 e. The normalized spacial score (nSPS) is 17.5. The number of nitrogens with one attached hydrogen (secondary N) is 1. The van der Waals surface area contributed by atoms with Gasteiger partial charge in [0, 0.05) is 57.4 Å². The highest BCUT2D eigenvalue weighted by Crippen LogP contribution is 2.20. The lowest BCUT2D eigenvalue weighted by Crippen LogP contribution is -2.34. The summed E-state index contributed by atoms with van der Waals surface area (Å²) in [4.78, 5) is 34.0. The van der Waals surface area contributed by atoms with Crippen LogP contribution in [-0.4, -0.2) is 44.3 Å². The Morgan fingerprint density at radius 3 is 3.00 bits per heavy atom. The van der Waals surface area contributed by atoms with Gasteiger partial charge in [-0.2, -0.15) is 0 Å². The summed E-state index contributed by atoms with van der Waals surface area (Å²) in [6, 6.07) is 3.77. The molecule has 1 N–H and O–H groups in total. The first-order valence-corrected chi connectivity index (χ1v) is 7.62. The Morgan fingerprint density at radius 2 is 2.26 bits per heavy atom. The number of nitrogens with zero attached hydrogens (tertiary/aromatic N) is 4. The predicted octanol–water partition coefficient (Wildman–Crippen LogP) is 0.443. The first-order chi connectivity index (χ1) is 11.2. The first-order valence-electron chi connectivity index (χ1n) is 7.62. The molecular weight excluding hydrogens is 294 g/mol. The largest absolute Gasteiger partial charge is 0.354 e. The second-order valence-electron chi connectivity index (χ2n) is 5.63. The van der Waals surface area contributed by atoms with E-state index >= 15 is 0 Å². The van der Waals surface area contributed by atoms with Crippen molar-refractivity contribution in [2.24, 2.45) is 5.92 Å². The van der Waals surface area contributed by atoms with Gasteiger partial charge in [-0.25, -0.2) is 4.98 Å². The molecule has 7 heteroatoms. The van der Waals surface area contributed by atoms with E-state index in [0.717, 1.165) is 5.56 Å². The van der Waals surface area contributed by atoms with Gasteiger partial charge in [-0.3, -0.25) is 14.6 Å². The van der Waals surface area contributed by atoms with Gasteiger partial charge in [0.05, 0.1) is 12.2 Å². The van der Waals surface area contributed by atoms with Crippen LogP contribution in [-0.2, 0) is 22.7 Å². The number of hydrogen-bond donors (Lipinski definition) is 1. The minimum absolute atomic E-state index is 0.0172. The third-order valence-electron chi connectivity index (χ3n) is 3.91. The summed E-state index contributed by atoms with van der Waals surface area (Å²) in [5.74, 6) is -0.322. The van der Waals surface area contributed by atoms with Crippen LogP contribution in [0.25, 0.3) is 0 Å². The summed E-state index contributed by atoms with van der Waals surface area (Å²) in [7, 11) is 0. The lowest BCUT2D eigenvalue weighted by molar-refractivity contribution is -0.129. The zero-order valence-electron chi connectivity index (χ0n) is 12.8. The van der Waals surface area contributed by atoms with Gasteiger partial charge in [-0.15, -0.1) is 0 Å². The van der Waals surface area contributed by atoms with E-state index < -0.39 is 0 Å². The molecular formula is C16H19N5O2. The van der Waals surface area contributed by atoms with Gasteiger partial charge in [-0.05, 0) is 11.6 Å². The van der Waals surface area contributed by atoms with Crippen LogP contribution >= 0.6 is 0 Å². The van der Waals surface area contributed by atoms with Crippen molar-refractivity contribution in [1.29, 1.82) is 0 Å². The van der Waals surface area contributed by atoms with E-state index in [1.165, 1.54) is 0 Å². The van der Waals surface area contributed by atoms with Crippen LogP contribution in [0.3, 0.4) is 0 Å². The SMILES string of the molecule is O=C(NCCn1ccnc1)[C@@H]1CC(=O)N(Cc2cccnc2)C1. The van der Waals surface area contributed by atoms with Crippen LogP contribution in [0.4, 0.5) is 0 Å². The van der Waals surface area contributed by atoms with Crippen LogP contribution in [0.2, 0.25) is 0 Å². The number of amides is 2. The second kappa shape index (κ2) is 7.04. The molecule has 7 nitrogen and oxygen atoms in total. The summed E-state index contributed by atoms with van der Waals surface area (Å²) < 4.78 is 1.90. The third-order valence-corrected chi connectivity index (χ3v) is 3.91. The number of carbonyl (C=O) groups is 2. The Kier molecular flexibility index (Phi) is 4.65. The Balaban J connectivity index is 1.47. The molecule has 1 aliphatic heterocycles. The van der Waals surface area contributed by atoms with Crippen LogP contribution < -0.4 is 5.32 Å². The summed E-state index contributed by atoms with van der Waals surface area (Å²) in [6.07, 6.45) is 8.98. The highest BCUT2D eigenvalue weighted by molar-refractivity contribution is 5.89. The van der Waals surface area contributed by atoms with Crippen molar-refractivity contribution < 1.29 is 9.59 Å². The molecule has 0 saturated carbocycles. The van der Waals surface area contributed by atoms with Crippen LogP contribution in [0.15, 0.2) is 43.2 Å². The van der Waals surface area contributed by atoms with Crippen LogP contribution in [0, 0.1) is 5.92 Å². The van der Waals surface area contributed by atoms with Crippen molar-refractivity contribution in [3.05, 3.63) is 48.8 Å². The Hall–Kier alpha value is -2.70. The quantitative estimate of drug-likeness (QED) is 0.839. The molecule has 0 aliphatic carbocycles. The summed E-state index contributed by atoms with van der Waals surface area (Å²) >= 11 is 0. The van der Waals surface area contributed by atoms with E-state index in [9.17, 15) is 9.59 Å². The summed E-state index contributed by atoms with van der Waals surface area (Å²) in [5.41, 5.74) is 0.974. The monoisotopic (exact) mass is 313 g/mol. The van der Waals surface area contributed by atoms with E-state index in [1.54, 1.807) is 29.8 Å². The molecule has 0 bridgehead atoms. The average molecular weight is 313 g/mol. The molecule has 1 saturated heterocycles. The van der Waals surface area contributed by atoms with Gasteiger partial charge < -0.3 is 14.8 Å². The fourth-order valence-electron chi connectivity index (χ4n) is 2.68. The minimum atomic E-state index is -0.276. The zero-order chi connectivity index (χ0) is 16.1. The van der Waals surface area contributed by atoms with E-state index in [0.29, 0.717) is 26.2 Å². The van der Waals surface area contributed by atoms with Crippen molar-refractivity contribution in [2.75, 3.05) is 13.1 Å². The van der Waals surface area contributed by atoms with E-state index in [1.807, 2.05) is 22.9 Å². The lowest BCUT2D eigenvalue weighted by Gasteiger charge is -2.16. The van der Waals surface area contributed by atoms with Crippen molar-refractivity contribution in [1.82, 2.24) is 24.8 Å². The molecule has 3 heterocycles. The molecule has 0 aromatic carbocycles. The molecule has 1 atom stereocenters. The Bertz CT molecular complexity index is 656. The maximum Gasteiger partial charge on any atom is 0.225 e. The van der Waals surface area contributed by atoms with Gasteiger partial charge in [0.15, 0.2) is 0 Å². The summed E-state index contributed by atoms with van der Waals surface area (Å²) in [5, 5.41) is 2.89. The van der Waals surface area contributed by atoms with Crippen molar-refractivity contribution in [3.8, 4) is 0 Å². The van der Waals surface area contributed by atoms with Crippen LogP contribution in [0.1, 0.15) is 12.0 Å². The number of aromatic nitrogens is 3. The molecule has 0 unspecified atom stereocenters. The van der Waals surface area contributed by atoms with Crippen molar-refractivity contribution >= 4 is 11.8 Å². The van der Waals surface area contributed by atoms with Crippen LogP contribution in [0.5, 0.6) is 0 Å².